The number of likely N-dealkylation sites (tertiary alicyclic amines) is 1. The molecule has 9 nitrogen and oxygen atoms in total. The molecule has 1 aromatic heterocycles. The molecule has 0 bridgehead atoms. The van der Waals surface area contributed by atoms with Crippen LogP contribution in [0.15, 0.2) is 12.3 Å². The Kier molecular flexibility index (Phi) is 6.35. The highest BCUT2D eigenvalue weighted by Gasteiger charge is 2.51. The van der Waals surface area contributed by atoms with Gasteiger partial charge in [-0.25, -0.2) is 9.78 Å². The fraction of sp³-hybridized carbons (Fsp3) is 0.542. The lowest BCUT2D eigenvalue weighted by Gasteiger charge is -2.55. The maximum atomic E-state index is 14.1. The van der Waals surface area contributed by atoms with E-state index in [2.05, 4.69) is 27.2 Å². The second kappa shape index (κ2) is 9.19. The Morgan fingerprint density at radius 3 is 2.31 bits per heavy atom. The van der Waals surface area contributed by atoms with Gasteiger partial charge < -0.3 is 19.7 Å². The second-order valence-corrected chi connectivity index (χ2v) is 10.4. The maximum Gasteiger partial charge on any atom is 0.330 e. The van der Waals surface area contributed by atoms with Gasteiger partial charge in [-0.05, 0) is 51.2 Å². The van der Waals surface area contributed by atoms with Gasteiger partial charge in [0.15, 0.2) is 0 Å². The lowest BCUT2D eigenvalue weighted by Crippen LogP contribution is -2.60. The first kappa shape index (κ1) is 24.2. The Labute approximate surface area is 215 Å². The van der Waals surface area contributed by atoms with Gasteiger partial charge >= 0.3 is 6.03 Å². The molecule has 1 aromatic carbocycles. The summed E-state index contributed by atoms with van der Waals surface area (Å²) < 4.78 is 10.9. The van der Waals surface area contributed by atoms with Crippen LogP contribution in [0.3, 0.4) is 0 Å². The second-order valence-electron chi connectivity index (χ2n) is 9.65. The first-order valence-corrected chi connectivity index (χ1v) is 12.5. The van der Waals surface area contributed by atoms with Crippen molar-refractivity contribution in [1.29, 1.82) is 0 Å². The van der Waals surface area contributed by atoms with E-state index in [1.165, 1.54) is 14.2 Å². The number of benzene rings is 1. The van der Waals surface area contributed by atoms with Crippen LogP contribution < -0.4 is 24.6 Å². The van der Waals surface area contributed by atoms with Crippen LogP contribution in [0, 0.1) is 5.41 Å². The van der Waals surface area contributed by atoms with E-state index in [4.69, 9.17) is 32.7 Å². The van der Waals surface area contributed by atoms with Gasteiger partial charge in [0, 0.05) is 30.9 Å². The van der Waals surface area contributed by atoms with Crippen molar-refractivity contribution in [3.63, 3.8) is 0 Å². The van der Waals surface area contributed by atoms with Crippen LogP contribution in [0.4, 0.5) is 22.2 Å². The third-order valence-electron chi connectivity index (χ3n) is 7.63. The largest absolute Gasteiger partial charge is 0.495 e. The minimum atomic E-state index is -0.217. The SMILES string of the molecule is CNc1ncc2c(n1)N(C1CC3(CCN(C)CC3)C1)C(=O)N(c1c(Cl)c(OC)cc(OC)c1Cl)C2. The molecule has 0 unspecified atom stereocenters. The van der Waals surface area contributed by atoms with Crippen molar-refractivity contribution in [3.8, 4) is 11.5 Å². The first-order chi connectivity index (χ1) is 16.8. The number of carbonyl (C=O) groups is 1. The predicted molar refractivity (Wildman–Crippen MR) is 137 cm³/mol. The average molecular weight is 521 g/mol. The molecule has 188 valence electrons. The standard InChI is InChI=1S/C24H30Cl2N6O3/c1-27-22-28-12-14-13-31(20-18(25)16(34-3)9-17(35-4)19(20)26)23(33)32(21(14)29-22)15-10-24(11-15)5-7-30(2)8-6-24/h9,12,15H,5-8,10-11,13H2,1-4H3,(H,27,28,29). The molecule has 2 amide bonds. The van der Waals surface area contributed by atoms with Gasteiger partial charge in [-0.1, -0.05) is 23.2 Å². The van der Waals surface area contributed by atoms with E-state index < -0.39 is 0 Å². The highest BCUT2D eigenvalue weighted by atomic mass is 35.5. The van der Waals surface area contributed by atoms with Crippen LogP contribution in [0.5, 0.6) is 11.5 Å². The number of urea groups is 1. The van der Waals surface area contributed by atoms with Gasteiger partial charge in [0.2, 0.25) is 5.95 Å². The molecule has 3 heterocycles. The molecule has 1 N–H and O–H groups in total. The molecular formula is C24H30Cl2N6O3. The lowest BCUT2D eigenvalue weighted by atomic mass is 9.60. The van der Waals surface area contributed by atoms with E-state index in [9.17, 15) is 4.79 Å². The van der Waals surface area contributed by atoms with Gasteiger partial charge in [0.25, 0.3) is 0 Å². The summed E-state index contributed by atoms with van der Waals surface area (Å²) in [4.78, 5) is 29.0. The van der Waals surface area contributed by atoms with Crippen molar-refractivity contribution in [3.05, 3.63) is 27.9 Å². The summed E-state index contributed by atoms with van der Waals surface area (Å²) in [5.74, 6) is 1.87. The molecule has 1 aliphatic carbocycles. The summed E-state index contributed by atoms with van der Waals surface area (Å²) in [6, 6.07) is 1.44. The zero-order valence-electron chi connectivity index (χ0n) is 20.4. The third-order valence-corrected chi connectivity index (χ3v) is 8.36. The van der Waals surface area contributed by atoms with Crippen LogP contribution in [0.25, 0.3) is 0 Å². The number of piperidine rings is 1. The number of nitrogens with one attached hydrogen (secondary N) is 1. The first-order valence-electron chi connectivity index (χ1n) is 11.7. The molecule has 1 saturated heterocycles. The topological polar surface area (TPSA) is 83.1 Å². The van der Waals surface area contributed by atoms with Crippen LogP contribution in [-0.4, -0.2) is 68.3 Å². The van der Waals surface area contributed by atoms with Crippen molar-refractivity contribution in [2.24, 2.45) is 5.41 Å². The molecule has 35 heavy (non-hydrogen) atoms. The summed E-state index contributed by atoms with van der Waals surface area (Å²) in [6.07, 6.45) is 5.94. The van der Waals surface area contributed by atoms with E-state index in [1.807, 2.05) is 4.90 Å². The van der Waals surface area contributed by atoms with E-state index in [0.29, 0.717) is 29.0 Å². The molecule has 5 rings (SSSR count). The van der Waals surface area contributed by atoms with Gasteiger partial charge in [-0.2, -0.15) is 4.98 Å². The Morgan fingerprint density at radius 2 is 1.74 bits per heavy atom. The highest BCUT2D eigenvalue weighted by Crippen LogP contribution is 2.53. The number of hydrogen-bond acceptors (Lipinski definition) is 7. The predicted octanol–water partition coefficient (Wildman–Crippen LogP) is 4.66. The quantitative estimate of drug-likeness (QED) is 0.613. The van der Waals surface area contributed by atoms with Crippen LogP contribution in [-0.2, 0) is 6.54 Å². The van der Waals surface area contributed by atoms with Crippen LogP contribution in [0.1, 0.15) is 31.2 Å². The van der Waals surface area contributed by atoms with Crippen molar-refractivity contribution in [1.82, 2.24) is 14.9 Å². The molecule has 1 saturated carbocycles. The lowest BCUT2D eigenvalue weighted by molar-refractivity contribution is 0.0254. The fourth-order valence-corrected chi connectivity index (χ4v) is 6.24. The summed E-state index contributed by atoms with van der Waals surface area (Å²) >= 11 is 13.4. The Bertz CT molecular complexity index is 1120. The Morgan fingerprint density at radius 1 is 1.11 bits per heavy atom. The van der Waals surface area contributed by atoms with Crippen molar-refractivity contribution in [2.75, 3.05) is 56.5 Å². The average Bonchev–Trinajstić information content (AvgIpc) is 2.84. The van der Waals surface area contributed by atoms with Gasteiger partial charge in [-0.15, -0.1) is 0 Å². The summed E-state index contributed by atoms with van der Waals surface area (Å²) in [6.45, 7) is 2.40. The zero-order valence-corrected chi connectivity index (χ0v) is 21.9. The van der Waals surface area contributed by atoms with Crippen molar-refractivity contribution >= 4 is 46.7 Å². The number of aromatic nitrogens is 2. The fourth-order valence-electron chi connectivity index (χ4n) is 5.53. The number of methoxy groups -OCH3 is 2. The number of amides is 2. The molecule has 1 spiro atoms. The van der Waals surface area contributed by atoms with Gasteiger partial charge in [-0.3, -0.25) is 9.80 Å². The molecular weight excluding hydrogens is 491 g/mol. The number of hydrogen-bond donors (Lipinski definition) is 1. The zero-order chi connectivity index (χ0) is 24.9. The number of nitrogens with zero attached hydrogens (tertiary/aromatic N) is 5. The summed E-state index contributed by atoms with van der Waals surface area (Å²) in [5, 5.41) is 3.49. The van der Waals surface area contributed by atoms with Crippen LogP contribution in [0.2, 0.25) is 10.0 Å². The molecule has 2 aliphatic heterocycles. The number of fused-ring (bicyclic) bond motifs is 1. The van der Waals surface area contributed by atoms with Gasteiger partial charge in [0.1, 0.15) is 27.4 Å². The number of rotatable bonds is 5. The Balaban J connectivity index is 1.55. The smallest absolute Gasteiger partial charge is 0.330 e. The summed E-state index contributed by atoms with van der Waals surface area (Å²) in [7, 11) is 6.96. The number of carbonyl (C=O) groups excluding carboxylic acids is 1. The molecule has 0 atom stereocenters. The minimum Gasteiger partial charge on any atom is -0.495 e. The molecule has 2 aromatic rings. The van der Waals surface area contributed by atoms with E-state index in [0.717, 1.165) is 44.3 Å². The third kappa shape index (κ3) is 4.03. The van der Waals surface area contributed by atoms with E-state index >= 15 is 0 Å². The maximum absolute atomic E-state index is 14.1. The minimum absolute atomic E-state index is 0.0390. The number of ether oxygens (including phenoxy) is 2. The highest BCUT2D eigenvalue weighted by molar-refractivity contribution is 6.42. The Hall–Kier alpha value is -2.49. The van der Waals surface area contributed by atoms with E-state index in [-0.39, 0.29) is 34.1 Å². The van der Waals surface area contributed by atoms with Crippen molar-refractivity contribution < 1.29 is 14.3 Å². The molecule has 2 fully saturated rings. The summed E-state index contributed by atoms with van der Waals surface area (Å²) in [5.41, 5.74) is 1.46. The molecule has 3 aliphatic rings. The molecule has 11 heteroatoms. The van der Waals surface area contributed by atoms with Crippen LogP contribution >= 0.6 is 23.2 Å². The monoisotopic (exact) mass is 520 g/mol. The number of anilines is 3. The van der Waals surface area contributed by atoms with Crippen molar-refractivity contribution in [2.45, 2.75) is 38.3 Å². The van der Waals surface area contributed by atoms with Gasteiger partial charge in [0.05, 0.1) is 26.5 Å². The number of halogens is 2. The normalized spacial score (nSPS) is 20.0. The molecule has 0 radical (unpaired) electrons. The van der Waals surface area contributed by atoms with E-state index in [1.54, 1.807) is 24.2 Å².